The molecule has 18 heavy (non-hydrogen) atoms. The molecule has 1 aromatic carbocycles. The molecule has 0 aromatic heterocycles. The molecule has 0 N–H and O–H groups in total. The highest BCUT2D eigenvalue weighted by molar-refractivity contribution is 9.09. The van der Waals surface area contributed by atoms with Gasteiger partial charge in [-0.2, -0.15) is 13.2 Å². The van der Waals surface area contributed by atoms with Gasteiger partial charge in [-0.25, -0.2) is 0 Å². The molecule has 0 heterocycles. The lowest BCUT2D eigenvalue weighted by molar-refractivity contribution is -0.116. The van der Waals surface area contributed by atoms with Crippen molar-refractivity contribution in [1.29, 1.82) is 0 Å². The molecule has 0 bridgehead atoms. The molecule has 0 amide bonds. The van der Waals surface area contributed by atoms with Gasteiger partial charge < -0.3 is 0 Å². The summed E-state index contributed by atoms with van der Waals surface area (Å²) in [6.45, 7) is 3.14. The second-order valence-corrected chi connectivity index (χ2v) is 5.70. The third-order valence-corrected chi connectivity index (χ3v) is 4.43. The van der Waals surface area contributed by atoms with E-state index < -0.39 is 10.3 Å². The fourth-order valence-electron chi connectivity index (χ4n) is 1.54. The van der Waals surface area contributed by atoms with Crippen LogP contribution in [-0.2, 0) is 11.2 Å². The minimum Gasteiger partial charge on any atom is -0.298 e. The third kappa shape index (κ3) is 4.02. The molecule has 0 spiro atoms. The van der Waals surface area contributed by atoms with Gasteiger partial charge in [-0.15, -0.1) is 0 Å². The summed E-state index contributed by atoms with van der Waals surface area (Å²) < 4.78 is 37.7. The predicted octanol–water partition coefficient (Wildman–Crippen LogP) is 4.89. The van der Waals surface area contributed by atoms with E-state index in [-0.39, 0.29) is 22.4 Å². The van der Waals surface area contributed by atoms with Crippen LogP contribution in [0.2, 0.25) is 0 Å². The number of alkyl halides is 4. The number of aryl methyl sites for hydroxylation is 1. The Bertz CT molecular complexity index is 445. The fourth-order valence-corrected chi connectivity index (χ4v) is 2.95. The van der Waals surface area contributed by atoms with Crippen molar-refractivity contribution in [1.82, 2.24) is 0 Å². The zero-order valence-corrected chi connectivity index (χ0v) is 12.2. The highest BCUT2D eigenvalue weighted by Crippen LogP contribution is 2.43. The largest absolute Gasteiger partial charge is 0.446 e. The maximum absolute atomic E-state index is 12.6. The van der Waals surface area contributed by atoms with Crippen molar-refractivity contribution >= 4 is 33.5 Å². The summed E-state index contributed by atoms with van der Waals surface area (Å²) in [5.41, 5.74) is -3.38. The van der Waals surface area contributed by atoms with Crippen LogP contribution in [-0.4, -0.2) is 11.3 Å². The zero-order valence-electron chi connectivity index (χ0n) is 9.84. The molecule has 0 aliphatic heterocycles. The zero-order chi connectivity index (χ0) is 13.9. The summed E-state index contributed by atoms with van der Waals surface area (Å²) in [5, 5.41) is 0. The van der Waals surface area contributed by atoms with E-state index in [2.05, 4.69) is 15.9 Å². The van der Waals surface area contributed by atoms with Gasteiger partial charge in [0.25, 0.3) is 0 Å². The lowest BCUT2D eigenvalue weighted by Gasteiger charge is -2.17. The molecular weight excluding hydrogens is 329 g/mol. The standard InChI is InChI=1S/C12H12BrF3OS/c1-3-8-5-4-6-9(10(13)7(2)17)11(8)18-12(14,15)16/h4-6,10H,3H2,1-2H3. The molecule has 0 radical (unpaired) electrons. The van der Waals surface area contributed by atoms with Crippen LogP contribution in [0.4, 0.5) is 13.2 Å². The first kappa shape index (κ1) is 15.6. The molecule has 100 valence electrons. The van der Waals surface area contributed by atoms with Gasteiger partial charge in [-0.1, -0.05) is 41.1 Å². The lowest BCUT2D eigenvalue weighted by Crippen LogP contribution is -2.08. The van der Waals surface area contributed by atoms with E-state index in [0.717, 1.165) is 0 Å². The molecular formula is C12H12BrF3OS. The quantitative estimate of drug-likeness (QED) is 0.573. The van der Waals surface area contributed by atoms with Gasteiger partial charge in [0.05, 0.1) is 4.83 Å². The molecule has 0 fully saturated rings. The maximum atomic E-state index is 12.6. The SMILES string of the molecule is CCc1cccc(C(Br)C(C)=O)c1SC(F)(F)F. The highest BCUT2D eigenvalue weighted by Gasteiger charge is 2.32. The second-order valence-electron chi connectivity index (χ2n) is 3.71. The Labute approximate surface area is 116 Å². The number of hydrogen-bond acceptors (Lipinski definition) is 2. The van der Waals surface area contributed by atoms with Gasteiger partial charge in [0.15, 0.2) is 0 Å². The number of benzene rings is 1. The van der Waals surface area contributed by atoms with Crippen LogP contribution in [0.25, 0.3) is 0 Å². The van der Waals surface area contributed by atoms with Crippen molar-refractivity contribution < 1.29 is 18.0 Å². The number of thioether (sulfide) groups is 1. The average Bonchev–Trinajstić information content (AvgIpc) is 2.26. The minimum absolute atomic E-state index is 0.129. The second kappa shape index (κ2) is 6.10. The van der Waals surface area contributed by atoms with Crippen molar-refractivity contribution in [3.05, 3.63) is 29.3 Å². The number of hydrogen-bond donors (Lipinski definition) is 0. The molecule has 0 saturated carbocycles. The summed E-state index contributed by atoms with van der Waals surface area (Å²) >= 11 is 2.98. The van der Waals surface area contributed by atoms with E-state index >= 15 is 0 Å². The predicted molar refractivity (Wildman–Crippen MR) is 70.1 cm³/mol. The average molecular weight is 341 g/mol. The Morgan fingerprint density at radius 2 is 2.06 bits per heavy atom. The van der Waals surface area contributed by atoms with Crippen molar-refractivity contribution in [2.75, 3.05) is 0 Å². The normalized spacial score (nSPS) is 13.4. The smallest absolute Gasteiger partial charge is 0.298 e. The monoisotopic (exact) mass is 340 g/mol. The van der Waals surface area contributed by atoms with E-state index in [1.807, 2.05) is 0 Å². The number of halogens is 4. The minimum atomic E-state index is -4.36. The van der Waals surface area contributed by atoms with Crippen molar-refractivity contribution in [2.24, 2.45) is 0 Å². The molecule has 1 unspecified atom stereocenters. The van der Waals surface area contributed by atoms with E-state index in [1.165, 1.54) is 6.92 Å². The lowest BCUT2D eigenvalue weighted by atomic mass is 10.0. The Hall–Kier alpha value is -0.490. The van der Waals surface area contributed by atoms with Crippen LogP contribution in [0.3, 0.4) is 0 Å². The Kier molecular flexibility index (Phi) is 5.28. The molecule has 1 nitrogen and oxygen atoms in total. The molecule has 0 aliphatic rings. The number of carbonyl (C=O) groups excluding carboxylic acids is 1. The van der Waals surface area contributed by atoms with Gasteiger partial charge in [-0.05, 0) is 36.2 Å². The van der Waals surface area contributed by atoms with Gasteiger partial charge in [0.2, 0.25) is 0 Å². The molecule has 1 aromatic rings. The van der Waals surface area contributed by atoms with E-state index in [9.17, 15) is 18.0 Å². The number of rotatable bonds is 4. The summed E-state index contributed by atoms with van der Waals surface area (Å²) in [7, 11) is 0. The van der Waals surface area contributed by atoms with Crippen molar-refractivity contribution in [2.45, 2.75) is 35.5 Å². The van der Waals surface area contributed by atoms with Crippen LogP contribution < -0.4 is 0 Å². The summed E-state index contributed by atoms with van der Waals surface area (Å²) in [4.78, 5) is 10.8. The van der Waals surface area contributed by atoms with Gasteiger partial charge >= 0.3 is 5.51 Å². The van der Waals surface area contributed by atoms with E-state index in [0.29, 0.717) is 17.5 Å². The topological polar surface area (TPSA) is 17.1 Å². The van der Waals surface area contributed by atoms with E-state index in [4.69, 9.17) is 0 Å². The molecule has 0 saturated heterocycles. The Balaban J connectivity index is 3.29. The van der Waals surface area contributed by atoms with Crippen molar-refractivity contribution in [3.8, 4) is 0 Å². The highest BCUT2D eigenvalue weighted by atomic mass is 79.9. The van der Waals surface area contributed by atoms with Gasteiger partial charge in [-0.3, -0.25) is 4.79 Å². The molecule has 1 rings (SSSR count). The van der Waals surface area contributed by atoms with Crippen LogP contribution in [0.1, 0.15) is 29.8 Å². The summed E-state index contributed by atoms with van der Waals surface area (Å²) in [6, 6.07) is 4.87. The first-order valence-corrected chi connectivity index (χ1v) is 7.01. The Morgan fingerprint density at radius 3 is 2.50 bits per heavy atom. The first-order chi connectivity index (χ1) is 8.26. The number of ketones is 1. The molecule has 0 aliphatic carbocycles. The fraction of sp³-hybridized carbons (Fsp3) is 0.417. The van der Waals surface area contributed by atoms with Crippen LogP contribution in [0.5, 0.6) is 0 Å². The molecule has 1 atom stereocenters. The van der Waals surface area contributed by atoms with Crippen LogP contribution in [0, 0.1) is 0 Å². The van der Waals surface area contributed by atoms with Crippen LogP contribution in [0.15, 0.2) is 23.1 Å². The van der Waals surface area contributed by atoms with Crippen molar-refractivity contribution in [3.63, 3.8) is 0 Å². The number of carbonyl (C=O) groups is 1. The molecule has 6 heteroatoms. The number of Topliss-reactive ketones (excluding diaryl/α,β-unsaturated/α-hetero) is 1. The summed E-state index contributed by atoms with van der Waals surface area (Å²) in [5.74, 6) is -0.215. The van der Waals surface area contributed by atoms with E-state index in [1.54, 1.807) is 25.1 Å². The van der Waals surface area contributed by atoms with Gasteiger partial charge in [0, 0.05) is 4.90 Å². The maximum Gasteiger partial charge on any atom is 0.446 e. The Morgan fingerprint density at radius 1 is 1.44 bits per heavy atom. The van der Waals surface area contributed by atoms with Crippen LogP contribution >= 0.6 is 27.7 Å². The van der Waals surface area contributed by atoms with Gasteiger partial charge in [0.1, 0.15) is 5.78 Å². The third-order valence-electron chi connectivity index (χ3n) is 2.36. The summed E-state index contributed by atoms with van der Waals surface area (Å²) in [6.07, 6.45) is 0.490. The first-order valence-electron chi connectivity index (χ1n) is 5.28.